The van der Waals surface area contributed by atoms with Crippen LogP contribution in [0.2, 0.25) is 0 Å². The Hall–Kier alpha value is -3.88. The van der Waals surface area contributed by atoms with Gasteiger partial charge >= 0.3 is 11.9 Å². The SMILES string of the molecule is COc1cccc(C)c1N1CCC(n2c(=O)n(Cc3ccccc3C(F)(F)F)c3c(OC)cccc32)C1. The highest BCUT2D eigenvalue weighted by Gasteiger charge is 2.34. The van der Waals surface area contributed by atoms with Crippen molar-refractivity contribution in [3.63, 3.8) is 0 Å². The van der Waals surface area contributed by atoms with Crippen molar-refractivity contribution in [3.8, 4) is 11.5 Å². The molecule has 37 heavy (non-hydrogen) atoms. The smallest absolute Gasteiger partial charge is 0.416 e. The molecule has 0 bridgehead atoms. The third-order valence-corrected chi connectivity index (χ3v) is 7.08. The topological polar surface area (TPSA) is 48.6 Å². The summed E-state index contributed by atoms with van der Waals surface area (Å²) in [6.07, 6.45) is -3.83. The van der Waals surface area contributed by atoms with Crippen molar-refractivity contribution in [3.05, 3.63) is 87.8 Å². The Bertz CT molecular complexity index is 1510. The number of anilines is 1. The quantitative estimate of drug-likeness (QED) is 0.336. The lowest BCUT2D eigenvalue weighted by molar-refractivity contribution is -0.138. The second-order valence-electron chi connectivity index (χ2n) is 9.24. The van der Waals surface area contributed by atoms with Gasteiger partial charge in [-0.3, -0.25) is 9.13 Å². The summed E-state index contributed by atoms with van der Waals surface area (Å²) in [4.78, 5) is 16.1. The molecule has 6 nitrogen and oxygen atoms in total. The maximum Gasteiger partial charge on any atom is 0.416 e. The molecule has 0 N–H and O–H groups in total. The van der Waals surface area contributed by atoms with Crippen LogP contribution in [0.1, 0.15) is 29.2 Å². The number of ether oxygens (including phenoxy) is 2. The minimum Gasteiger partial charge on any atom is -0.495 e. The van der Waals surface area contributed by atoms with E-state index in [4.69, 9.17) is 9.47 Å². The van der Waals surface area contributed by atoms with E-state index in [1.54, 1.807) is 29.9 Å². The fourth-order valence-corrected chi connectivity index (χ4v) is 5.43. The molecule has 0 aliphatic carbocycles. The van der Waals surface area contributed by atoms with E-state index in [1.165, 1.54) is 23.8 Å². The molecule has 1 aromatic heterocycles. The van der Waals surface area contributed by atoms with E-state index in [2.05, 4.69) is 4.90 Å². The van der Waals surface area contributed by atoms with Gasteiger partial charge in [-0.1, -0.05) is 36.4 Å². The first-order valence-corrected chi connectivity index (χ1v) is 12.1. The van der Waals surface area contributed by atoms with Gasteiger partial charge in [-0.2, -0.15) is 13.2 Å². The number of fused-ring (bicyclic) bond motifs is 1. The summed E-state index contributed by atoms with van der Waals surface area (Å²) < 4.78 is 55.4. The molecule has 0 amide bonds. The van der Waals surface area contributed by atoms with Crippen LogP contribution in [0.3, 0.4) is 0 Å². The number of hydrogen-bond donors (Lipinski definition) is 0. The van der Waals surface area contributed by atoms with Gasteiger partial charge in [-0.25, -0.2) is 4.79 Å². The molecule has 0 radical (unpaired) electrons. The maximum atomic E-state index is 13.9. The minimum absolute atomic E-state index is 0.0275. The highest BCUT2D eigenvalue weighted by Crippen LogP contribution is 2.38. The number of aryl methyl sites for hydroxylation is 1. The summed E-state index contributed by atoms with van der Waals surface area (Å²) in [6, 6.07) is 16.4. The Morgan fingerprint density at radius 3 is 2.38 bits per heavy atom. The Balaban J connectivity index is 1.61. The van der Waals surface area contributed by atoms with Crippen molar-refractivity contribution in [1.82, 2.24) is 9.13 Å². The number of methoxy groups -OCH3 is 2. The van der Waals surface area contributed by atoms with Crippen LogP contribution in [0.15, 0.2) is 65.5 Å². The van der Waals surface area contributed by atoms with Crippen molar-refractivity contribution in [1.29, 1.82) is 0 Å². The van der Waals surface area contributed by atoms with Crippen molar-refractivity contribution < 1.29 is 22.6 Å². The third kappa shape index (κ3) is 4.32. The zero-order valence-corrected chi connectivity index (χ0v) is 20.9. The van der Waals surface area contributed by atoms with Crippen molar-refractivity contribution >= 4 is 16.7 Å². The Morgan fingerprint density at radius 1 is 0.946 bits per heavy atom. The lowest BCUT2D eigenvalue weighted by Gasteiger charge is -2.23. The monoisotopic (exact) mass is 511 g/mol. The zero-order valence-electron chi connectivity index (χ0n) is 20.9. The Labute approximate surface area is 212 Å². The molecule has 1 unspecified atom stereocenters. The highest BCUT2D eigenvalue weighted by molar-refractivity contribution is 5.83. The molecule has 1 atom stereocenters. The van der Waals surface area contributed by atoms with Gasteiger partial charge in [0.25, 0.3) is 0 Å². The second kappa shape index (κ2) is 9.53. The molecule has 9 heteroatoms. The van der Waals surface area contributed by atoms with Gasteiger partial charge < -0.3 is 14.4 Å². The van der Waals surface area contributed by atoms with E-state index < -0.39 is 11.7 Å². The number of aromatic nitrogens is 2. The fraction of sp³-hybridized carbons (Fsp3) is 0.321. The zero-order chi connectivity index (χ0) is 26.3. The number of alkyl halides is 3. The van der Waals surface area contributed by atoms with Gasteiger partial charge in [0.05, 0.1) is 43.6 Å². The molecule has 3 aromatic carbocycles. The first-order chi connectivity index (χ1) is 17.7. The predicted octanol–water partition coefficient (Wildman–Crippen LogP) is 5.65. The third-order valence-electron chi connectivity index (χ3n) is 7.08. The number of hydrogen-bond acceptors (Lipinski definition) is 4. The van der Waals surface area contributed by atoms with E-state index in [1.807, 2.05) is 31.2 Å². The summed E-state index contributed by atoms with van der Waals surface area (Å²) in [7, 11) is 3.13. The Morgan fingerprint density at radius 2 is 1.65 bits per heavy atom. The van der Waals surface area contributed by atoms with E-state index in [0.717, 1.165) is 23.1 Å². The number of para-hydroxylation sites is 2. The molecule has 5 rings (SSSR count). The molecule has 2 heterocycles. The van der Waals surface area contributed by atoms with Gasteiger partial charge in [0, 0.05) is 13.1 Å². The van der Waals surface area contributed by atoms with Crippen LogP contribution >= 0.6 is 0 Å². The van der Waals surface area contributed by atoms with Crippen LogP contribution in [0.4, 0.5) is 18.9 Å². The summed E-state index contributed by atoms with van der Waals surface area (Å²) in [5, 5.41) is 0. The molecule has 1 aliphatic heterocycles. The molecular weight excluding hydrogens is 483 g/mol. The first kappa shape index (κ1) is 24.8. The average Bonchev–Trinajstić information content (AvgIpc) is 3.45. The van der Waals surface area contributed by atoms with Crippen LogP contribution in [-0.4, -0.2) is 36.4 Å². The van der Waals surface area contributed by atoms with Gasteiger partial charge in [0.15, 0.2) is 0 Å². The molecule has 1 saturated heterocycles. The molecule has 0 spiro atoms. The van der Waals surface area contributed by atoms with Gasteiger partial charge in [0.1, 0.15) is 17.0 Å². The maximum absolute atomic E-state index is 13.9. The average molecular weight is 512 g/mol. The number of rotatable bonds is 6. The fourth-order valence-electron chi connectivity index (χ4n) is 5.43. The summed E-state index contributed by atoms with van der Waals surface area (Å²) >= 11 is 0. The van der Waals surface area contributed by atoms with E-state index >= 15 is 0 Å². The lowest BCUT2D eigenvalue weighted by atomic mass is 10.1. The van der Waals surface area contributed by atoms with Crippen LogP contribution in [0, 0.1) is 6.92 Å². The number of benzene rings is 3. The summed E-state index contributed by atoms with van der Waals surface area (Å²) in [6.45, 7) is 3.08. The highest BCUT2D eigenvalue weighted by atomic mass is 19.4. The van der Waals surface area contributed by atoms with Crippen molar-refractivity contribution in [2.75, 3.05) is 32.2 Å². The number of imidazole rings is 1. The largest absolute Gasteiger partial charge is 0.495 e. The molecule has 1 fully saturated rings. The first-order valence-electron chi connectivity index (χ1n) is 12.1. The van der Waals surface area contributed by atoms with Crippen LogP contribution in [0.25, 0.3) is 11.0 Å². The van der Waals surface area contributed by atoms with E-state index in [-0.39, 0.29) is 23.8 Å². The standard InChI is InChI=1S/C28H28F3N3O3/c1-18-8-6-12-23(36-2)25(18)32-15-14-20(17-32)34-22-11-7-13-24(37-3)26(22)33(27(34)35)16-19-9-4-5-10-21(19)28(29,30)31/h4-13,20H,14-17H2,1-3H3. The molecule has 1 aliphatic rings. The van der Waals surface area contributed by atoms with Crippen molar-refractivity contribution in [2.24, 2.45) is 0 Å². The second-order valence-corrected chi connectivity index (χ2v) is 9.24. The molecule has 194 valence electrons. The van der Waals surface area contributed by atoms with Gasteiger partial charge in [-0.15, -0.1) is 0 Å². The lowest BCUT2D eigenvalue weighted by Crippen LogP contribution is -2.30. The van der Waals surface area contributed by atoms with E-state index in [9.17, 15) is 18.0 Å². The number of halogens is 3. The van der Waals surface area contributed by atoms with E-state index in [0.29, 0.717) is 36.3 Å². The Kier molecular flexibility index (Phi) is 6.39. The summed E-state index contributed by atoms with van der Waals surface area (Å²) in [5.41, 5.74) is 2.09. The van der Waals surface area contributed by atoms with Gasteiger partial charge in [-0.05, 0) is 48.7 Å². The minimum atomic E-state index is -4.53. The van der Waals surface area contributed by atoms with Crippen LogP contribution in [-0.2, 0) is 12.7 Å². The number of nitrogens with zero attached hydrogens (tertiary/aromatic N) is 3. The van der Waals surface area contributed by atoms with Crippen LogP contribution < -0.4 is 20.1 Å². The predicted molar refractivity (Wildman–Crippen MR) is 137 cm³/mol. The van der Waals surface area contributed by atoms with Gasteiger partial charge in [0.2, 0.25) is 0 Å². The van der Waals surface area contributed by atoms with Crippen molar-refractivity contribution in [2.45, 2.75) is 32.1 Å². The molecular formula is C28H28F3N3O3. The van der Waals surface area contributed by atoms with Crippen LogP contribution in [0.5, 0.6) is 11.5 Å². The normalized spacial score (nSPS) is 15.9. The molecule has 0 saturated carbocycles. The summed E-state index contributed by atoms with van der Waals surface area (Å²) in [5.74, 6) is 1.20. The molecule has 4 aromatic rings.